The maximum absolute atomic E-state index is 13.8. The zero-order chi connectivity index (χ0) is 16.0. The van der Waals surface area contributed by atoms with Crippen molar-refractivity contribution in [2.24, 2.45) is 0 Å². The molecule has 0 atom stereocenters. The number of methoxy groups -OCH3 is 1. The Morgan fingerprint density at radius 1 is 1.21 bits per heavy atom. The van der Waals surface area contributed by atoms with Crippen molar-refractivity contribution in [2.75, 3.05) is 13.7 Å². The number of halogens is 2. The Kier molecular flexibility index (Phi) is 4.74. The topological polar surface area (TPSA) is 33.3 Å². The van der Waals surface area contributed by atoms with E-state index in [2.05, 4.69) is 6.07 Å². The first-order valence-corrected chi connectivity index (χ1v) is 7.95. The number of aliphatic hydroxyl groups excluding tert-OH is 1. The molecule has 3 aromatic rings. The predicted molar refractivity (Wildman–Crippen MR) is 87.2 cm³/mol. The summed E-state index contributed by atoms with van der Waals surface area (Å²) in [7, 11) is 1.69. The lowest BCUT2D eigenvalue weighted by molar-refractivity contribution is -0.671. The number of hydrogen-bond donors (Lipinski definition) is 1. The molecule has 0 bridgehead atoms. The molecule has 126 valence electrons. The summed E-state index contributed by atoms with van der Waals surface area (Å²) in [6.45, 7) is 0.519. The van der Waals surface area contributed by atoms with E-state index in [1.165, 1.54) is 24.5 Å². The maximum Gasteiger partial charge on any atom is 0.213 e. The SMILES string of the molecule is COc1cc2c[n+](CCO)c3ccc(F)cc3c2cc1C1CC1.[Br-]. The van der Waals surface area contributed by atoms with Crippen LogP contribution in [0.5, 0.6) is 5.75 Å². The minimum Gasteiger partial charge on any atom is -1.00 e. The van der Waals surface area contributed by atoms with Gasteiger partial charge in [0.1, 0.15) is 18.2 Å². The van der Waals surface area contributed by atoms with Gasteiger partial charge >= 0.3 is 0 Å². The van der Waals surface area contributed by atoms with Crippen LogP contribution in [0, 0.1) is 5.82 Å². The summed E-state index contributed by atoms with van der Waals surface area (Å²) >= 11 is 0. The Balaban J connectivity index is 0.00000169. The average molecular weight is 392 g/mol. The van der Waals surface area contributed by atoms with Gasteiger partial charge in [-0.3, -0.25) is 0 Å². The molecule has 0 radical (unpaired) electrons. The molecule has 0 amide bonds. The zero-order valence-corrected chi connectivity index (χ0v) is 15.0. The highest BCUT2D eigenvalue weighted by atomic mass is 79.9. The second-order valence-corrected chi connectivity index (χ2v) is 6.16. The van der Waals surface area contributed by atoms with Crippen molar-refractivity contribution >= 4 is 21.7 Å². The van der Waals surface area contributed by atoms with E-state index < -0.39 is 0 Å². The average Bonchev–Trinajstić information content (AvgIpc) is 3.38. The Morgan fingerprint density at radius 3 is 2.67 bits per heavy atom. The van der Waals surface area contributed by atoms with E-state index in [1.807, 2.05) is 16.8 Å². The minimum atomic E-state index is -0.246. The van der Waals surface area contributed by atoms with Gasteiger partial charge < -0.3 is 26.8 Å². The highest BCUT2D eigenvalue weighted by molar-refractivity contribution is 6.04. The van der Waals surface area contributed by atoms with Crippen molar-refractivity contribution in [1.29, 1.82) is 0 Å². The number of aliphatic hydroxyl groups is 1. The van der Waals surface area contributed by atoms with Gasteiger partial charge in [0.25, 0.3) is 0 Å². The minimum absolute atomic E-state index is 0. The van der Waals surface area contributed by atoms with Crippen LogP contribution in [0.4, 0.5) is 4.39 Å². The quantitative estimate of drug-likeness (QED) is 0.512. The normalized spacial score (nSPS) is 14.0. The van der Waals surface area contributed by atoms with E-state index in [9.17, 15) is 9.50 Å². The van der Waals surface area contributed by atoms with Gasteiger partial charge in [0.05, 0.1) is 17.9 Å². The van der Waals surface area contributed by atoms with Crippen molar-refractivity contribution < 1.29 is 35.8 Å². The van der Waals surface area contributed by atoms with Gasteiger partial charge in [0.2, 0.25) is 5.52 Å². The van der Waals surface area contributed by atoms with E-state index in [-0.39, 0.29) is 29.4 Å². The summed E-state index contributed by atoms with van der Waals surface area (Å²) in [5.41, 5.74) is 2.14. The van der Waals surface area contributed by atoms with Crippen molar-refractivity contribution in [3.63, 3.8) is 0 Å². The number of fused-ring (bicyclic) bond motifs is 3. The van der Waals surface area contributed by atoms with Crippen LogP contribution in [0.2, 0.25) is 0 Å². The molecular weight excluding hydrogens is 373 g/mol. The van der Waals surface area contributed by atoms with Crippen molar-refractivity contribution in [3.8, 4) is 5.75 Å². The first-order valence-electron chi connectivity index (χ1n) is 7.95. The zero-order valence-electron chi connectivity index (χ0n) is 13.4. The van der Waals surface area contributed by atoms with Gasteiger partial charge in [0, 0.05) is 11.5 Å². The number of ether oxygens (including phenoxy) is 1. The van der Waals surface area contributed by atoms with E-state index >= 15 is 0 Å². The Bertz CT molecular complexity index is 909. The summed E-state index contributed by atoms with van der Waals surface area (Å²) in [5.74, 6) is 1.21. The Morgan fingerprint density at radius 2 is 2.00 bits per heavy atom. The first kappa shape index (κ1) is 17.1. The van der Waals surface area contributed by atoms with Gasteiger partial charge in [-0.25, -0.2) is 4.39 Å². The van der Waals surface area contributed by atoms with Gasteiger partial charge in [0.15, 0.2) is 12.7 Å². The molecule has 4 rings (SSSR count). The fourth-order valence-electron chi connectivity index (χ4n) is 3.35. The van der Waals surface area contributed by atoms with Gasteiger partial charge in [-0.15, -0.1) is 0 Å². The van der Waals surface area contributed by atoms with Gasteiger partial charge in [-0.1, -0.05) is 0 Å². The summed E-state index contributed by atoms with van der Waals surface area (Å²) in [4.78, 5) is 0. The Hall–Kier alpha value is -1.72. The number of pyridine rings is 1. The highest BCUT2D eigenvalue weighted by Crippen LogP contribution is 2.46. The van der Waals surface area contributed by atoms with Crippen LogP contribution in [0.3, 0.4) is 0 Å². The van der Waals surface area contributed by atoms with Crippen LogP contribution in [-0.4, -0.2) is 18.8 Å². The lowest BCUT2D eigenvalue weighted by atomic mass is 10.00. The molecule has 24 heavy (non-hydrogen) atoms. The molecule has 0 aliphatic heterocycles. The molecule has 1 aliphatic carbocycles. The smallest absolute Gasteiger partial charge is 0.213 e. The number of aromatic nitrogens is 1. The fourth-order valence-corrected chi connectivity index (χ4v) is 3.35. The second-order valence-electron chi connectivity index (χ2n) is 6.16. The summed E-state index contributed by atoms with van der Waals surface area (Å²) in [5, 5.41) is 12.2. The summed E-state index contributed by atoms with van der Waals surface area (Å²) in [6, 6.07) is 9.00. The van der Waals surface area contributed by atoms with Crippen LogP contribution in [-0.2, 0) is 6.54 Å². The molecule has 1 fully saturated rings. The van der Waals surface area contributed by atoms with E-state index in [4.69, 9.17) is 4.74 Å². The highest BCUT2D eigenvalue weighted by Gasteiger charge is 2.28. The molecule has 1 aromatic heterocycles. The van der Waals surface area contributed by atoms with Gasteiger partial charge in [-0.05, 0) is 48.6 Å². The molecule has 1 heterocycles. The molecule has 1 aliphatic rings. The molecular formula is C19H19BrFNO2. The number of nitrogens with zero attached hydrogens (tertiary/aromatic N) is 1. The standard InChI is InChI=1S/C19H19FNO2.BrH/c1-23-19-8-13-11-21(6-7-22)18-5-4-14(20)9-17(18)15(13)10-16(19)12-2-3-12;/h4-5,8-12,22H,2-3,6-7H2,1H3;1H/q+1;/p-1. The summed E-state index contributed by atoms with van der Waals surface area (Å²) in [6.07, 6.45) is 4.38. The number of hydrogen-bond acceptors (Lipinski definition) is 2. The maximum atomic E-state index is 13.8. The van der Waals surface area contributed by atoms with Crippen molar-refractivity contribution in [1.82, 2.24) is 0 Å². The molecule has 0 saturated heterocycles. The fraction of sp³-hybridized carbons (Fsp3) is 0.316. The number of rotatable bonds is 4. The lowest BCUT2D eigenvalue weighted by Gasteiger charge is -2.11. The first-order chi connectivity index (χ1) is 11.2. The monoisotopic (exact) mass is 391 g/mol. The molecule has 1 N–H and O–H groups in total. The largest absolute Gasteiger partial charge is 1.00 e. The molecule has 5 heteroatoms. The van der Waals surface area contributed by atoms with Crippen LogP contribution in [0.1, 0.15) is 24.3 Å². The van der Waals surface area contributed by atoms with Crippen molar-refractivity contribution in [2.45, 2.75) is 25.3 Å². The van der Waals surface area contributed by atoms with Gasteiger partial charge in [-0.2, -0.15) is 4.57 Å². The molecule has 1 saturated carbocycles. The van der Waals surface area contributed by atoms with E-state index in [1.54, 1.807) is 19.2 Å². The number of benzene rings is 2. The third kappa shape index (κ3) is 2.87. The molecule has 2 aromatic carbocycles. The third-order valence-corrected chi connectivity index (χ3v) is 4.61. The molecule has 0 unspecified atom stereocenters. The summed E-state index contributed by atoms with van der Waals surface area (Å²) < 4.78 is 21.3. The van der Waals surface area contributed by atoms with Crippen LogP contribution < -0.4 is 26.3 Å². The Labute approximate surface area is 150 Å². The third-order valence-electron chi connectivity index (χ3n) is 4.61. The van der Waals surface area contributed by atoms with E-state index in [0.717, 1.165) is 27.4 Å². The molecule has 0 spiro atoms. The predicted octanol–water partition coefficient (Wildman–Crippen LogP) is 0.302. The molecule has 3 nitrogen and oxygen atoms in total. The van der Waals surface area contributed by atoms with Crippen molar-refractivity contribution in [3.05, 3.63) is 47.9 Å². The second kappa shape index (κ2) is 6.65. The lowest BCUT2D eigenvalue weighted by Crippen LogP contribution is -3.00. The van der Waals surface area contributed by atoms with Crippen LogP contribution in [0.15, 0.2) is 36.5 Å². The van der Waals surface area contributed by atoms with Crippen LogP contribution >= 0.6 is 0 Å². The van der Waals surface area contributed by atoms with E-state index in [0.29, 0.717) is 12.5 Å². The van der Waals surface area contributed by atoms with Crippen LogP contribution in [0.25, 0.3) is 21.7 Å².